The van der Waals surface area contributed by atoms with E-state index >= 15 is 0 Å². The van der Waals surface area contributed by atoms with Gasteiger partial charge >= 0.3 is 6.03 Å². The first-order chi connectivity index (χ1) is 4.34. The van der Waals surface area contributed by atoms with Gasteiger partial charge in [0.15, 0.2) is 0 Å². The number of carbonyl (C=O) groups is 1. The van der Waals surface area contributed by atoms with Crippen LogP contribution in [0.25, 0.3) is 0 Å². The van der Waals surface area contributed by atoms with Crippen LogP contribution in [0, 0.1) is 0 Å². The molecule has 1 rings (SSSR count). The van der Waals surface area contributed by atoms with E-state index in [1.165, 1.54) is 0 Å². The second-order valence-electron chi connectivity index (χ2n) is 1.86. The van der Waals surface area contributed by atoms with Gasteiger partial charge < -0.3 is 10.1 Å². The minimum Gasteiger partial charge on any atom is -0.359 e. The van der Waals surface area contributed by atoms with Gasteiger partial charge in [-0.1, -0.05) is 0 Å². The Morgan fingerprint density at radius 1 is 1.78 bits per heavy atom. The Labute approximate surface area is 53.8 Å². The summed E-state index contributed by atoms with van der Waals surface area (Å²) in [7, 11) is 1.61. The maximum atomic E-state index is 10.7. The lowest BCUT2D eigenvalue weighted by atomic mass is 10.6. The van der Waals surface area contributed by atoms with Gasteiger partial charge in [-0.05, 0) is 0 Å². The van der Waals surface area contributed by atoms with Gasteiger partial charge in [0, 0.05) is 13.6 Å². The van der Waals surface area contributed by atoms with Gasteiger partial charge in [0.1, 0.15) is 6.73 Å². The van der Waals surface area contributed by atoms with E-state index < -0.39 is 0 Å². The molecule has 0 atom stereocenters. The number of ether oxygens (including phenoxy) is 1. The molecule has 1 saturated heterocycles. The molecular weight excluding hydrogens is 120 g/mol. The largest absolute Gasteiger partial charge is 0.359 e. The molecule has 1 N–H and O–H groups in total. The van der Waals surface area contributed by atoms with Crippen molar-refractivity contribution in [2.24, 2.45) is 0 Å². The summed E-state index contributed by atoms with van der Waals surface area (Å²) < 4.78 is 4.95. The molecule has 0 bridgehead atoms. The second kappa shape index (κ2) is 2.68. The highest BCUT2D eigenvalue weighted by atomic mass is 16.5. The summed E-state index contributed by atoms with van der Waals surface area (Å²) >= 11 is 0. The van der Waals surface area contributed by atoms with Crippen molar-refractivity contribution in [2.45, 2.75) is 0 Å². The molecule has 0 saturated carbocycles. The molecule has 0 aliphatic carbocycles. The average Bonchev–Trinajstić information content (AvgIpc) is 2.37. The van der Waals surface area contributed by atoms with E-state index in [2.05, 4.69) is 5.32 Å². The number of hydrogen-bond donors (Lipinski definition) is 1. The van der Waals surface area contributed by atoms with Crippen molar-refractivity contribution < 1.29 is 9.53 Å². The van der Waals surface area contributed by atoms with E-state index in [0.29, 0.717) is 19.9 Å². The molecule has 1 heterocycles. The number of urea groups is 1. The van der Waals surface area contributed by atoms with Crippen LogP contribution < -0.4 is 5.32 Å². The lowest BCUT2D eigenvalue weighted by Gasteiger charge is -2.10. The predicted molar refractivity (Wildman–Crippen MR) is 32.0 cm³/mol. The third-order valence-corrected chi connectivity index (χ3v) is 1.25. The molecule has 52 valence electrons. The monoisotopic (exact) mass is 130 g/mol. The first-order valence-electron chi connectivity index (χ1n) is 2.89. The van der Waals surface area contributed by atoms with E-state index in [1.54, 1.807) is 11.9 Å². The molecule has 0 aromatic heterocycles. The van der Waals surface area contributed by atoms with Crippen LogP contribution in [0.2, 0.25) is 0 Å². The van der Waals surface area contributed by atoms with Gasteiger partial charge in [0.05, 0.1) is 6.61 Å². The van der Waals surface area contributed by atoms with Crippen molar-refractivity contribution in [2.75, 3.05) is 26.9 Å². The fraction of sp³-hybridized carbons (Fsp3) is 0.800. The van der Waals surface area contributed by atoms with Crippen molar-refractivity contribution in [3.05, 3.63) is 0 Å². The standard InChI is InChI=1S/C5H10N2O2/c1-6-5(8)7-2-3-9-4-7/h2-4H2,1H3,(H,6,8). The van der Waals surface area contributed by atoms with Crippen LogP contribution >= 0.6 is 0 Å². The van der Waals surface area contributed by atoms with Gasteiger partial charge in [-0.3, -0.25) is 4.90 Å². The molecule has 4 nitrogen and oxygen atoms in total. The Hall–Kier alpha value is -0.770. The predicted octanol–water partition coefficient (Wildman–Crippen LogP) is -0.385. The van der Waals surface area contributed by atoms with E-state index in [-0.39, 0.29) is 6.03 Å². The summed E-state index contributed by atoms with van der Waals surface area (Å²) in [5, 5.41) is 2.51. The van der Waals surface area contributed by atoms with Gasteiger partial charge in [0.2, 0.25) is 0 Å². The molecule has 2 amide bonds. The quantitative estimate of drug-likeness (QED) is 0.485. The average molecular weight is 130 g/mol. The highest BCUT2D eigenvalue weighted by Crippen LogP contribution is 1.97. The summed E-state index contributed by atoms with van der Waals surface area (Å²) in [4.78, 5) is 12.4. The second-order valence-corrected chi connectivity index (χ2v) is 1.86. The number of nitrogens with one attached hydrogen (secondary N) is 1. The minimum atomic E-state index is -0.0625. The van der Waals surface area contributed by atoms with Crippen molar-refractivity contribution >= 4 is 6.03 Å². The number of carbonyl (C=O) groups excluding carboxylic acids is 1. The molecule has 0 radical (unpaired) electrons. The van der Waals surface area contributed by atoms with Crippen molar-refractivity contribution in [3.63, 3.8) is 0 Å². The highest BCUT2D eigenvalue weighted by Gasteiger charge is 2.15. The smallest absolute Gasteiger partial charge is 0.319 e. The van der Waals surface area contributed by atoms with Crippen LogP contribution in [-0.2, 0) is 4.74 Å². The molecular formula is C5H10N2O2. The SMILES string of the molecule is CNC(=O)N1CCOC1. The number of rotatable bonds is 0. The maximum Gasteiger partial charge on any atom is 0.319 e. The van der Waals surface area contributed by atoms with Crippen LogP contribution in [0.4, 0.5) is 4.79 Å². The third-order valence-electron chi connectivity index (χ3n) is 1.25. The van der Waals surface area contributed by atoms with Gasteiger partial charge in [-0.25, -0.2) is 4.79 Å². The topological polar surface area (TPSA) is 41.6 Å². The molecule has 0 aromatic carbocycles. The Morgan fingerprint density at radius 2 is 2.56 bits per heavy atom. The maximum absolute atomic E-state index is 10.7. The summed E-state index contributed by atoms with van der Waals surface area (Å²) in [6.45, 7) is 1.80. The van der Waals surface area contributed by atoms with Crippen LogP contribution in [-0.4, -0.2) is 37.9 Å². The van der Waals surface area contributed by atoms with E-state index in [9.17, 15) is 4.79 Å². The summed E-state index contributed by atoms with van der Waals surface area (Å²) in [5.74, 6) is 0. The summed E-state index contributed by atoms with van der Waals surface area (Å²) in [5.41, 5.74) is 0. The molecule has 1 fully saturated rings. The highest BCUT2D eigenvalue weighted by molar-refractivity contribution is 5.73. The number of amides is 2. The lowest BCUT2D eigenvalue weighted by Crippen LogP contribution is -2.35. The zero-order chi connectivity index (χ0) is 6.69. The first kappa shape index (κ1) is 6.35. The molecule has 4 heteroatoms. The lowest BCUT2D eigenvalue weighted by molar-refractivity contribution is 0.145. The van der Waals surface area contributed by atoms with Crippen LogP contribution in [0.3, 0.4) is 0 Å². The van der Waals surface area contributed by atoms with Crippen LogP contribution in [0.1, 0.15) is 0 Å². The number of nitrogens with zero attached hydrogens (tertiary/aromatic N) is 1. The Kier molecular flexibility index (Phi) is 1.89. The fourth-order valence-corrected chi connectivity index (χ4v) is 0.732. The van der Waals surface area contributed by atoms with E-state index in [1.807, 2.05) is 0 Å². The number of hydrogen-bond acceptors (Lipinski definition) is 2. The van der Waals surface area contributed by atoms with Crippen molar-refractivity contribution in [1.82, 2.24) is 10.2 Å². The fourth-order valence-electron chi connectivity index (χ4n) is 0.732. The molecule has 1 aliphatic heterocycles. The Morgan fingerprint density at radius 3 is 3.00 bits per heavy atom. The van der Waals surface area contributed by atoms with E-state index in [4.69, 9.17) is 4.74 Å². The normalized spacial score (nSPS) is 18.1. The Bertz CT molecular complexity index is 110. The van der Waals surface area contributed by atoms with E-state index in [0.717, 1.165) is 0 Å². The zero-order valence-corrected chi connectivity index (χ0v) is 5.39. The summed E-state index contributed by atoms with van der Waals surface area (Å²) in [6.07, 6.45) is 0. The third kappa shape index (κ3) is 1.32. The first-order valence-corrected chi connectivity index (χ1v) is 2.89. The molecule has 9 heavy (non-hydrogen) atoms. The van der Waals surface area contributed by atoms with Crippen molar-refractivity contribution in [3.8, 4) is 0 Å². The molecule has 0 unspecified atom stereocenters. The molecule has 0 aromatic rings. The van der Waals surface area contributed by atoms with Gasteiger partial charge in [-0.2, -0.15) is 0 Å². The van der Waals surface area contributed by atoms with Crippen LogP contribution in [0.15, 0.2) is 0 Å². The minimum absolute atomic E-state index is 0.0625. The molecule has 1 aliphatic rings. The van der Waals surface area contributed by atoms with Gasteiger partial charge in [0.25, 0.3) is 0 Å². The zero-order valence-electron chi connectivity index (χ0n) is 5.39. The Balaban J connectivity index is 2.32. The van der Waals surface area contributed by atoms with Gasteiger partial charge in [-0.15, -0.1) is 0 Å². The molecule has 0 spiro atoms. The van der Waals surface area contributed by atoms with Crippen molar-refractivity contribution in [1.29, 1.82) is 0 Å². The summed E-state index contributed by atoms with van der Waals surface area (Å²) in [6, 6.07) is -0.0625. The van der Waals surface area contributed by atoms with Crippen LogP contribution in [0.5, 0.6) is 0 Å².